The monoisotopic (exact) mass is 203 g/mol. The van der Waals surface area contributed by atoms with Crippen LogP contribution in [0.25, 0.3) is 0 Å². The van der Waals surface area contributed by atoms with Crippen LogP contribution in [-0.4, -0.2) is 6.15 Å². The van der Waals surface area contributed by atoms with E-state index >= 15 is 0 Å². The quantitative estimate of drug-likeness (QED) is 0.600. The van der Waals surface area contributed by atoms with Crippen LogP contribution in [0.15, 0.2) is 30.3 Å². The Morgan fingerprint density at radius 1 is 0.933 bits per heavy atom. The van der Waals surface area contributed by atoms with E-state index in [1.54, 1.807) is 0 Å². The summed E-state index contributed by atoms with van der Waals surface area (Å²) in [5.74, 6) is 0.728. The van der Waals surface area contributed by atoms with Gasteiger partial charge in [0.1, 0.15) is 0 Å². The van der Waals surface area contributed by atoms with E-state index in [1.165, 1.54) is 24.5 Å². The van der Waals surface area contributed by atoms with Crippen LogP contribution in [-0.2, 0) is 0 Å². The molecule has 0 radical (unpaired) electrons. The highest BCUT2D eigenvalue weighted by molar-refractivity contribution is 6.80. The fourth-order valence-electron chi connectivity index (χ4n) is 3.09. The van der Waals surface area contributed by atoms with E-state index in [4.69, 9.17) is 0 Å². The molecule has 1 atom stereocenters. The maximum Gasteiger partial charge on any atom is 0.00714 e. The SMILES string of the molecule is CC[B-](CC)(CC)C(C)c1ccccc1. The molecule has 0 aliphatic rings. The topological polar surface area (TPSA) is 0 Å². The molecule has 1 aromatic rings. The zero-order chi connectivity index (χ0) is 11.3. The number of benzene rings is 1. The summed E-state index contributed by atoms with van der Waals surface area (Å²) in [5.41, 5.74) is 1.52. The molecule has 1 unspecified atom stereocenters. The standard InChI is InChI=1S/C14H24B/c1-5-15(6-2,7-3)13(4)14-11-9-8-10-12-14/h8-13H,5-7H2,1-4H3/q-1. The van der Waals surface area contributed by atoms with Gasteiger partial charge in [-0.25, -0.2) is 0 Å². The molecule has 1 heteroatoms. The lowest BCUT2D eigenvalue weighted by atomic mass is 9.14. The third kappa shape index (κ3) is 2.45. The van der Waals surface area contributed by atoms with E-state index in [1.807, 2.05) is 0 Å². The second kappa shape index (κ2) is 5.39. The highest BCUT2D eigenvalue weighted by atomic mass is 14.1. The van der Waals surface area contributed by atoms with Gasteiger partial charge in [-0.2, -0.15) is 19.0 Å². The highest BCUT2D eigenvalue weighted by Gasteiger charge is 2.25. The van der Waals surface area contributed by atoms with Crippen LogP contribution in [0, 0.1) is 0 Å². The molecule has 15 heavy (non-hydrogen) atoms. The van der Waals surface area contributed by atoms with Crippen LogP contribution < -0.4 is 0 Å². The summed E-state index contributed by atoms with van der Waals surface area (Å²) in [6.45, 7) is 9.47. The second-order valence-electron chi connectivity index (χ2n) is 5.00. The Kier molecular flexibility index (Phi) is 4.44. The van der Waals surface area contributed by atoms with E-state index in [0.29, 0.717) is 0 Å². The van der Waals surface area contributed by atoms with Crippen molar-refractivity contribution in [3.63, 3.8) is 0 Å². The number of hydrogen-bond acceptors (Lipinski definition) is 0. The Morgan fingerprint density at radius 2 is 1.40 bits per heavy atom. The molecule has 0 aliphatic heterocycles. The molecule has 0 amide bonds. The van der Waals surface area contributed by atoms with E-state index in [2.05, 4.69) is 58.0 Å². The van der Waals surface area contributed by atoms with Gasteiger partial charge in [0.05, 0.1) is 0 Å². The zero-order valence-corrected chi connectivity index (χ0v) is 10.7. The average molecular weight is 203 g/mol. The lowest BCUT2D eigenvalue weighted by Crippen LogP contribution is -2.38. The van der Waals surface area contributed by atoms with Crippen molar-refractivity contribution in [3.05, 3.63) is 35.9 Å². The first kappa shape index (κ1) is 12.4. The van der Waals surface area contributed by atoms with Gasteiger partial charge in [0.15, 0.2) is 0 Å². The van der Waals surface area contributed by atoms with Crippen molar-refractivity contribution in [2.45, 2.75) is 52.5 Å². The summed E-state index contributed by atoms with van der Waals surface area (Å²) < 4.78 is 0. The highest BCUT2D eigenvalue weighted by Crippen LogP contribution is 2.35. The molecule has 0 aliphatic carbocycles. The van der Waals surface area contributed by atoms with Gasteiger partial charge in [0.2, 0.25) is 0 Å². The third-order valence-corrected chi connectivity index (χ3v) is 4.83. The molecule has 0 spiro atoms. The Labute approximate surface area is 95.0 Å². The van der Waals surface area contributed by atoms with Gasteiger partial charge in [-0.05, 0) is 0 Å². The van der Waals surface area contributed by atoms with Crippen molar-refractivity contribution in [2.24, 2.45) is 0 Å². The van der Waals surface area contributed by atoms with Gasteiger partial charge < -0.3 is 0 Å². The Morgan fingerprint density at radius 3 is 1.80 bits per heavy atom. The summed E-state index contributed by atoms with van der Waals surface area (Å²) in [5, 5.41) is 0. The van der Waals surface area contributed by atoms with E-state index in [0.717, 1.165) is 5.82 Å². The van der Waals surface area contributed by atoms with Crippen LogP contribution in [0.2, 0.25) is 19.0 Å². The van der Waals surface area contributed by atoms with Gasteiger partial charge in [0.25, 0.3) is 0 Å². The average Bonchev–Trinajstić information content (AvgIpc) is 2.33. The summed E-state index contributed by atoms with van der Waals surface area (Å²) in [6, 6.07) is 11.0. The second-order valence-corrected chi connectivity index (χ2v) is 5.00. The molecule has 0 nitrogen and oxygen atoms in total. The maximum atomic E-state index is 2.41. The van der Waals surface area contributed by atoms with Gasteiger partial charge in [-0.15, -0.1) is 5.82 Å². The van der Waals surface area contributed by atoms with Crippen LogP contribution in [0.1, 0.15) is 39.1 Å². The minimum Gasteiger partial charge on any atom is -0.180 e. The zero-order valence-electron chi connectivity index (χ0n) is 10.7. The molecule has 0 saturated carbocycles. The van der Waals surface area contributed by atoms with Crippen LogP contribution in [0.5, 0.6) is 0 Å². The molecular weight excluding hydrogens is 179 g/mol. The molecule has 0 fully saturated rings. The Hall–Kier alpha value is -0.715. The third-order valence-electron chi connectivity index (χ3n) is 4.83. The lowest BCUT2D eigenvalue weighted by molar-refractivity contribution is 0.944. The van der Waals surface area contributed by atoms with Crippen molar-refractivity contribution in [2.75, 3.05) is 0 Å². The first-order valence-corrected chi connectivity index (χ1v) is 6.46. The summed E-state index contributed by atoms with van der Waals surface area (Å²) in [7, 11) is 0. The summed E-state index contributed by atoms with van der Waals surface area (Å²) >= 11 is 0. The Balaban J connectivity index is 2.95. The first-order chi connectivity index (χ1) is 7.20. The summed E-state index contributed by atoms with van der Waals surface area (Å²) in [4.78, 5) is 0. The minimum absolute atomic E-state index is 0.210. The van der Waals surface area contributed by atoms with Gasteiger partial charge >= 0.3 is 0 Å². The van der Waals surface area contributed by atoms with Gasteiger partial charge in [-0.1, -0.05) is 63.6 Å². The van der Waals surface area contributed by atoms with Gasteiger partial charge in [-0.3, -0.25) is 0 Å². The first-order valence-electron chi connectivity index (χ1n) is 6.46. The van der Waals surface area contributed by atoms with Gasteiger partial charge in [0, 0.05) is 6.15 Å². The van der Waals surface area contributed by atoms with E-state index in [-0.39, 0.29) is 6.15 Å². The van der Waals surface area contributed by atoms with Crippen molar-refractivity contribution >= 4 is 6.15 Å². The molecule has 0 saturated heterocycles. The molecule has 0 bridgehead atoms. The molecule has 0 N–H and O–H groups in total. The van der Waals surface area contributed by atoms with Crippen LogP contribution >= 0.6 is 0 Å². The minimum atomic E-state index is -0.210. The molecular formula is C14H24B-. The fourth-order valence-corrected chi connectivity index (χ4v) is 3.09. The predicted molar refractivity (Wildman–Crippen MR) is 72.1 cm³/mol. The van der Waals surface area contributed by atoms with Crippen LogP contribution in [0.3, 0.4) is 0 Å². The number of hydrogen-bond donors (Lipinski definition) is 0. The molecule has 1 aromatic carbocycles. The van der Waals surface area contributed by atoms with Crippen molar-refractivity contribution in [3.8, 4) is 0 Å². The van der Waals surface area contributed by atoms with Crippen molar-refractivity contribution in [1.82, 2.24) is 0 Å². The summed E-state index contributed by atoms with van der Waals surface area (Å²) in [6.07, 6.45) is 3.80. The van der Waals surface area contributed by atoms with E-state index in [9.17, 15) is 0 Å². The molecule has 84 valence electrons. The van der Waals surface area contributed by atoms with E-state index < -0.39 is 0 Å². The largest absolute Gasteiger partial charge is 0.180 e. The fraction of sp³-hybridized carbons (Fsp3) is 0.571. The predicted octanol–water partition coefficient (Wildman–Crippen LogP) is 4.84. The number of rotatable bonds is 5. The molecule has 1 rings (SSSR count). The lowest BCUT2D eigenvalue weighted by Gasteiger charge is -2.43. The normalized spacial score (nSPS) is 13.9. The molecule has 0 aromatic heterocycles. The van der Waals surface area contributed by atoms with Crippen LogP contribution in [0.4, 0.5) is 0 Å². The van der Waals surface area contributed by atoms with Crippen molar-refractivity contribution < 1.29 is 0 Å². The maximum absolute atomic E-state index is 2.41. The Bertz CT molecular complexity index is 266. The molecule has 0 heterocycles. The van der Waals surface area contributed by atoms with Crippen molar-refractivity contribution in [1.29, 1.82) is 0 Å². The smallest absolute Gasteiger partial charge is 0.00714 e.